The molecule has 1 atom stereocenters. The highest BCUT2D eigenvalue weighted by Crippen LogP contribution is 2.38. The van der Waals surface area contributed by atoms with Crippen molar-refractivity contribution < 1.29 is 0 Å². The number of fused-ring (bicyclic) bond motifs is 3. The Kier molecular flexibility index (Phi) is 5.28. The summed E-state index contributed by atoms with van der Waals surface area (Å²) in [5.74, 6) is 0.780. The fourth-order valence-electron chi connectivity index (χ4n) is 4.47. The summed E-state index contributed by atoms with van der Waals surface area (Å²) in [5, 5.41) is 7.68. The number of H-pyrrole nitrogens is 3. The fourth-order valence-corrected chi connectivity index (χ4v) is 5.61. The van der Waals surface area contributed by atoms with E-state index in [1.54, 1.807) is 6.07 Å². The standard InChI is InChI=1S/C23H21ClN8O2S/c1-2-14-17(24)16-19(27-14)28-23(29-20(16)32-6-5-11(25)9-32)35-12-4-3-10-7-13-18(26-15(10)8-12)22(34)31-30-21(13)33/h3-4,7-8,11H,2,5-6,9,25H2,1H3,(H,30,33)(H,31,34)(H,27,28,29)/t11-/m1/s1. The minimum Gasteiger partial charge on any atom is -0.354 e. The molecule has 1 fully saturated rings. The van der Waals surface area contributed by atoms with Gasteiger partial charge in [-0.15, -0.1) is 0 Å². The van der Waals surface area contributed by atoms with Crippen molar-refractivity contribution >= 4 is 62.0 Å². The van der Waals surface area contributed by atoms with Gasteiger partial charge in [-0.25, -0.2) is 15.0 Å². The van der Waals surface area contributed by atoms with Crippen molar-refractivity contribution in [3.8, 4) is 0 Å². The third kappa shape index (κ3) is 3.76. The minimum atomic E-state index is -0.447. The molecule has 0 radical (unpaired) electrons. The zero-order valence-corrected chi connectivity index (χ0v) is 20.3. The molecular weight excluding hydrogens is 488 g/mol. The molecule has 5 aromatic rings. The highest BCUT2D eigenvalue weighted by atomic mass is 35.5. The van der Waals surface area contributed by atoms with Gasteiger partial charge in [-0.05, 0) is 42.8 Å². The van der Waals surface area contributed by atoms with Crippen LogP contribution in [0.4, 0.5) is 5.82 Å². The maximum absolute atomic E-state index is 12.2. The molecule has 4 aromatic heterocycles. The van der Waals surface area contributed by atoms with Crippen molar-refractivity contribution in [2.24, 2.45) is 5.73 Å². The van der Waals surface area contributed by atoms with Crippen LogP contribution in [-0.2, 0) is 6.42 Å². The molecule has 5 heterocycles. The van der Waals surface area contributed by atoms with Gasteiger partial charge < -0.3 is 15.6 Å². The van der Waals surface area contributed by atoms with E-state index in [4.69, 9.17) is 27.3 Å². The maximum atomic E-state index is 12.2. The number of nitrogens with two attached hydrogens (primary N) is 1. The van der Waals surface area contributed by atoms with Crippen LogP contribution in [-0.4, -0.2) is 49.3 Å². The molecule has 0 spiro atoms. The van der Waals surface area contributed by atoms with Crippen LogP contribution in [0.25, 0.3) is 32.8 Å². The van der Waals surface area contributed by atoms with Crippen LogP contribution in [0.1, 0.15) is 19.0 Å². The number of hydrogen-bond donors (Lipinski definition) is 4. The molecule has 0 amide bonds. The van der Waals surface area contributed by atoms with Crippen molar-refractivity contribution in [1.82, 2.24) is 30.1 Å². The van der Waals surface area contributed by atoms with Gasteiger partial charge in [0.1, 0.15) is 17.0 Å². The van der Waals surface area contributed by atoms with E-state index in [-0.39, 0.29) is 22.5 Å². The maximum Gasteiger partial charge on any atom is 0.289 e. The normalized spacial score (nSPS) is 16.2. The number of nitrogens with zero attached hydrogens (tertiary/aromatic N) is 4. The van der Waals surface area contributed by atoms with Crippen LogP contribution in [0.5, 0.6) is 0 Å². The molecule has 0 aliphatic carbocycles. The first-order chi connectivity index (χ1) is 16.9. The van der Waals surface area contributed by atoms with Crippen LogP contribution < -0.4 is 21.8 Å². The quantitative estimate of drug-likeness (QED) is 0.214. The summed E-state index contributed by atoms with van der Waals surface area (Å²) in [7, 11) is 0. The molecule has 178 valence electrons. The zero-order chi connectivity index (χ0) is 24.3. The number of aromatic nitrogens is 6. The molecule has 1 saturated heterocycles. The summed E-state index contributed by atoms with van der Waals surface area (Å²) in [6.45, 7) is 3.55. The molecule has 12 heteroatoms. The summed E-state index contributed by atoms with van der Waals surface area (Å²) in [5.41, 5.74) is 7.64. The van der Waals surface area contributed by atoms with E-state index in [0.717, 1.165) is 46.6 Å². The van der Waals surface area contributed by atoms with Crippen molar-refractivity contribution in [2.75, 3.05) is 18.0 Å². The highest BCUT2D eigenvalue weighted by molar-refractivity contribution is 7.99. The van der Waals surface area contributed by atoms with Crippen LogP contribution in [0.3, 0.4) is 0 Å². The van der Waals surface area contributed by atoms with Gasteiger partial charge >= 0.3 is 0 Å². The number of aromatic amines is 3. The number of halogens is 1. The molecule has 1 aliphatic rings. The van der Waals surface area contributed by atoms with E-state index in [1.165, 1.54) is 11.8 Å². The first-order valence-electron chi connectivity index (χ1n) is 11.2. The number of nitrogens with one attached hydrogen (secondary N) is 3. The van der Waals surface area contributed by atoms with Crippen molar-refractivity contribution in [1.29, 1.82) is 0 Å². The Morgan fingerprint density at radius 3 is 2.77 bits per heavy atom. The fraction of sp³-hybridized carbons (Fsp3) is 0.261. The van der Waals surface area contributed by atoms with Crippen LogP contribution in [0.15, 0.2) is 43.9 Å². The second-order valence-electron chi connectivity index (χ2n) is 8.57. The molecule has 1 aliphatic heterocycles. The monoisotopic (exact) mass is 508 g/mol. The van der Waals surface area contributed by atoms with Crippen LogP contribution in [0, 0.1) is 0 Å². The van der Waals surface area contributed by atoms with Crippen molar-refractivity contribution in [2.45, 2.75) is 35.9 Å². The lowest BCUT2D eigenvalue weighted by atomic mass is 10.1. The van der Waals surface area contributed by atoms with Crippen molar-refractivity contribution in [3.63, 3.8) is 0 Å². The minimum absolute atomic E-state index is 0.0938. The lowest BCUT2D eigenvalue weighted by molar-refractivity contribution is 0.751. The second kappa shape index (κ2) is 8.36. The van der Waals surface area contributed by atoms with Gasteiger partial charge in [-0.3, -0.25) is 19.8 Å². The second-order valence-corrected chi connectivity index (χ2v) is 9.99. The molecule has 5 N–H and O–H groups in total. The average Bonchev–Trinajstić information content (AvgIpc) is 3.43. The molecule has 10 nitrogen and oxygen atoms in total. The zero-order valence-electron chi connectivity index (χ0n) is 18.7. The van der Waals surface area contributed by atoms with Gasteiger partial charge in [-0.2, -0.15) is 0 Å². The number of pyridine rings is 1. The van der Waals surface area contributed by atoms with Gasteiger partial charge in [0.25, 0.3) is 11.1 Å². The topological polar surface area (TPSA) is 149 Å². The van der Waals surface area contributed by atoms with Crippen LogP contribution in [0.2, 0.25) is 5.02 Å². The van der Waals surface area contributed by atoms with E-state index in [1.807, 2.05) is 25.1 Å². The summed E-state index contributed by atoms with van der Waals surface area (Å²) >= 11 is 8.08. The first kappa shape index (κ1) is 22.1. The largest absolute Gasteiger partial charge is 0.354 e. The van der Waals surface area contributed by atoms with Gasteiger partial charge in [0, 0.05) is 35.1 Å². The van der Waals surface area contributed by atoms with E-state index < -0.39 is 5.56 Å². The number of anilines is 1. The Bertz CT molecular complexity index is 1740. The number of aryl methyl sites for hydroxylation is 1. The Hall–Kier alpha value is -3.41. The molecular formula is C23H21ClN8O2S. The lowest BCUT2D eigenvalue weighted by Crippen LogP contribution is -2.27. The lowest BCUT2D eigenvalue weighted by Gasteiger charge is -2.18. The smallest absolute Gasteiger partial charge is 0.289 e. The highest BCUT2D eigenvalue weighted by Gasteiger charge is 2.26. The average molecular weight is 509 g/mol. The Balaban J connectivity index is 1.45. The third-order valence-corrected chi connectivity index (χ3v) is 7.52. The van der Waals surface area contributed by atoms with Gasteiger partial charge in [-0.1, -0.05) is 24.6 Å². The van der Waals surface area contributed by atoms with E-state index in [0.29, 0.717) is 27.9 Å². The van der Waals surface area contributed by atoms with Crippen molar-refractivity contribution in [3.05, 3.63) is 55.7 Å². The van der Waals surface area contributed by atoms with E-state index >= 15 is 0 Å². The predicted octanol–water partition coefficient (Wildman–Crippen LogP) is 2.94. The summed E-state index contributed by atoms with van der Waals surface area (Å²) in [6.07, 6.45) is 1.64. The predicted molar refractivity (Wildman–Crippen MR) is 138 cm³/mol. The molecule has 35 heavy (non-hydrogen) atoms. The number of benzene rings is 1. The Labute approximate surface area is 207 Å². The van der Waals surface area contributed by atoms with Gasteiger partial charge in [0.15, 0.2) is 5.16 Å². The van der Waals surface area contributed by atoms with Gasteiger partial charge in [0.05, 0.1) is 21.3 Å². The summed E-state index contributed by atoms with van der Waals surface area (Å²) < 4.78 is 0. The molecule has 0 saturated carbocycles. The van der Waals surface area contributed by atoms with E-state index in [2.05, 4.69) is 25.1 Å². The number of rotatable bonds is 4. The third-order valence-electron chi connectivity index (χ3n) is 6.25. The molecule has 6 rings (SSSR count). The molecule has 1 aromatic carbocycles. The summed E-state index contributed by atoms with van der Waals surface area (Å²) in [6, 6.07) is 7.41. The van der Waals surface area contributed by atoms with E-state index in [9.17, 15) is 9.59 Å². The molecule has 0 unspecified atom stereocenters. The SMILES string of the molecule is CCc1[nH]c2nc(Sc3ccc4cc5c(=O)[nH][nH]c(=O)c5nc4c3)nc(N3CC[C@@H](N)C3)c2c1Cl. The molecule has 0 bridgehead atoms. The summed E-state index contributed by atoms with van der Waals surface area (Å²) in [4.78, 5) is 44.7. The number of hydrogen-bond acceptors (Lipinski definition) is 8. The Morgan fingerprint density at radius 2 is 2.00 bits per heavy atom. The first-order valence-corrected chi connectivity index (χ1v) is 12.4. The van der Waals surface area contributed by atoms with Crippen LogP contribution >= 0.6 is 23.4 Å². The van der Waals surface area contributed by atoms with Gasteiger partial charge in [0.2, 0.25) is 0 Å². The Morgan fingerprint density at radius 1 is 1.17 bits per heavy atom.